The smallest absolute Gasteiger partial charge is 0.335 e. The third-order valence-corrected chi connectivity index (χ3v) is 2.81. The number of aromatic nitrogens is 2. The van der Waals surface area contributed by atoms with Gasteiger partial charge in [0.2, 0.25) is 0 Å². The highest BCUT2D eigenvalue weighted by atomic mass is 16.4. The SMILES string of the molecule is C#CCCCn1cc(-c2ccc(C(=O)O)cc2)cn1. The zero-order valence-electron chi connectivity index (χ0n) is 10.4. The van der Waals surface area contributed by atoms with Crippen LogP contribution < -0.4 is 0 Å². The Morgan fingerprint density at radius 3 is 2.68 bits per heavy atom. The van der Waals surface area contributed by atoms with Crippen LogP contribution >= 0.6 is 0 Å². The number of hydrogen-bond acceptors (Lipinski definition) is 2. The van der Waals surface area contributed by atoms with E-state index in [0.717, 1.165) is 30.5 Å². The van der Waals surface area contributed by atoms with E-state index >= 15 is 0 Å². The molecule has 0 saturated carbocycles. The molecule has 0 amide bonds. The van der Waals surface area contributed by atoms with Crippen molar-refractivity contribution in [3.8, 4) is 23.5 Å². The van der Waals surface area contributed by atoms with E-state index < -0.39 is 5.97 Å². The van der Waals surface area contributed by atoms with Gasteiger partial charge in [0.05, 0.1) is 11.8 Å². The van der Waals surface area contributed by atoms with Gasteiger partial charge in [-0.3, -0.25) is 4.68 Å². The van der Waals surface area contributed by atoms with Crippen LogP contribution in [-0.2, 0) is 6.54 Å². The van der Waals surface area contributed by atoms with Crippen molar-refractivity contribution < 1.29 is 9.90 Å². The number of terminal acetylenes is 1. The number of aromatic carboxylic acids is 1. The monoisotopic (exact) mass is 254 g/mol. The lowest BCUT2D eigenvalue weighted by atomic mass is 10.1. The molecule has 4 nitrogen and oxygen atoms in total. The van der Waals surface area contributed by atoms with Crippen molar-refractivity contribution in [2.24, 2.45) is 0 Å². The van der Waals surface area contributed by atoms with Crippen LogP contribution in [0, 0.1) is 12.3 Å². The van der Waals surface area contributed by atoms with Gasteiger partial charge in [0, 0.05) is 24.7 Å². The molecule has 2 aromatic rings. The summed E-state index contributed by atoms with van der Waals surface area (Å²) in [5.74, 6) is 1.68. The molecule has 1 N–H and O–H groups in total. The van der Waals surface area contributed by atoms with E-state index in [2.05, 4.69) is 11.0 Å². The average Bonchev–Trinajstić information content (AvgIpc) is 2.88. The zero-order valence-corrected chi connectivity index (χ0v) is 10.4. The minimum atomic E-state index is -0.920. The highest BCUT2D eigenvalue weighted by Gasteiger charge is 2.05. The van der Waals surface area contributed by atoms with Gasteiger partial charge in [-0.15, -0.1) is 12.3 Å². The topological polar surface area (TPSA) is 55.1 Å². The fraction of sp³-hybridized carbons (Fsp3) is 0.200. The molecule has 0 aliphatic rings. The molecule has 0 unspecified atom stereocenters. The van der Waals surface area contributed by atoms with Gasteiger partial charge in [-0.2, -0.15) is 5.10 Å². The van der Waals surface area contributed by atoms with E-state index in [9.17, 15) is 4.79 Å². The lowest BCUT2D eigenvalue weighted by Gasteiger charge is -1.99. The lowest BCUT2D eigenvalue weighted by Crippen LogP contribution is -1.97. The molecule has 1 heterocycles. The second-order valence-electron chi connectivity index (χ2n) is 4.18. The van der Waals surface area contributed by atoms with E-state index in [1.165, 1.54) is 0 Å². The number of carboxylic acid groups (broad SMARTS) is 1. The fourth-order valence-corrected chi connectivity index (χ4v) is 1.78. The molecule has 0 aliphatic carbocycles. The number of carbonyl (C=O) groups is 1. The van der Waals surface area contributed by atoms with E-state index in [1.54, 1.807) is 30.5 Å². The Bertz CT molecular complexity index is 606. The van der Waals surface area contributed by atoms with Gasteiger partial charge in [-0.25, -0.2) is 4.79 Å². The van der Waals surface area contributed by atoms with Gasteiger partial charge in [0.25, 0.3) is 0 Å². The van der Waals surface area contributed by atoms with Crippen molar-refractivity contribution in [3.05, 3.63) is 42.2 Å². The highest BCUT2D eigenvalue weighted by molar-refractivity contribution is 5.88. The maximum absolute atomic E-state index is 10.8. The molecule has 0 saturated heterocycles. The minimum absolute atomic E-state index is 0.283. The van der Waals surface area contributed by atoms with Crippen molar-refractivity contribution in [1.82, 2.24) is 9.78 Å². The van der Waals surface area contributed by atoms with E-state index in [4.69, 9.17) is 11.5 Å². The van der Waals surface area contributed by atoms with Crippen LogP contribution in [0.15, 0.2) is 36.7 Å². The summed E-state index contributed by atoms with van der Waals surface area (Å²) in [4.78, 5) is 10.8. The fourth-order valence-electron chi connectivity index (χ4n) is 1.78. The Balaban J connectivity index is 2.09. The number of unbranched alkanes of at least 4 members (excludes halogenated alkanes) is 1. The molecular formula is C15H14N2O2. The Hall–Kier alpha value is -2.54. The van der Waals surface area contributed by atoms with Crippen LogP contribution in [-0.4, -0.2) is 20.9 Å². The number of hydrogen-bond donors (Lipinski definition) is 1. The maximum Gasteiger partial charge on any atom is 0.335 e. The minimum Gasteiger partial charge on any atom is -0.478 e. The molecule has 1 aromatic heterocycles. The molecule has 0 aliphatic heterocycles. The van der Waals surface area contributed by atoms with Crippen molar-refractivity contribution in [1.29, 1.82) is 0 Å². The summed E-state index contributed by atoms with van der Waals surface area (Å²) in [5.41, 5.74) is 2.20. The predicted molar refractivity (Wildman–Crippen MR) is 72.7 cm³/mol. The van der Waals surface area contributed by atoms with Gasteiger partial charge < -0.3 is 5.11 Å². The summed E-state index contributed by atoms with van der Waals surface area (Å²) >= 11 is 0. The first-order chi connectivity index (χ1) is 9.20. The van der Waals surface area contributed by atoms with Crippen molar-refractivity contribution in [2.75, 3.05) is 0 Å². The van der Waals surface area contributed by atoms with Gasteiger partial charge in [-0.05, 0) is 24.1 Å². The maximum atomic E-state index is 10.8. The van der Waals surface area contributed by atoms with Crippen molar-refractivity contribution >= 4 is 5.97 Å². The first-order valence-corrected chi connectivity index (χ1v) is 6.00. The zero-order chi connectivity index (χ0) is 13.7. The summed E-state index contributed by atoms with van der Waals surface area (Å²) in [7, 11) is 0. The molecule has 0 spiro atoms. The molecule has 1 aromatic carbocycles. The summed E-state index contributed by atoms with van der Waals surface area (Å²) in [6.45, 7) is 0.789. The van der Waals surface area contributed by atoms with Crippen LogP contribution in [0.2, 0.25) is 0 Å². The molecule has 0 radical (unpaired) electrons. The molecule has 0 bridgehead atoms. The van der Waals surface area contributed by atoms with Crippen LogP contribution in [0.25, 0.3) is 11.1 Å². The van der Waals surface area contributed by atoms with Gasteiger partial charge in [0.1, 0.15) is 0 Å². The van der Waals surface area contributed by atoms with Crippen molar-refractivity contribution in [2.45, 2.75) is 19.4 Å². The predicted octanol–water partition coefficient (Wildman–Crippen LogP) is 2.66. The number of carboxylic acids is 1. The second kappa shape index (κ2) is 5.87. The second-order valence-corrected chi connectivity index (χ2v) is 4.18. The number of nitrogens with zero attached hydrogens (tertiary/aromatic N) is 2. The molecule has 96 valence electrons. The number of benzene rings is 1. The largest absolute Gasteiger partial charge is 0.478 e. The number of aryl methyl sites for hydroxylation is 1. The first-order valence-electron chi connectivity index (χ1n) is 6.00. The standard InChI is InChI=1S/C15H14N2O2/c1-2-3-4-9-17-11-14(10-16-17)12-5-7-13(8-6-12)15(18)19/h1,5-8,10-11H,3-4,9H2,(H,18,19). The molecule has 2 rings (SSSR count). The van der Waals surface area contributed by atoms with Crippen molar-refractivity contribution in [3.63, 3.8) is 0 Å². The first kappa shape index (κ1) is 12.9. The third-order valence-electron chi connectivity index (χ3n) is 2.81. The molecular weight excluding hydrogens is 240 g/mol. The number of rotatable bonds is 5. The Morgan fingerprint density at radius 2 is 2.05 bits per heavy atom. The van der Waals surface area contributed by atoms with Crippen LogP contribution in [0.4, 0.5) is 0 Å². The lowest BCUT2D eigenvalue weighted by molar-refractivity contribution is 0.0697. The Labute approximate surface area is 111 Å². The van der Waals surface area contributed by atoms with Crippen LogP contribution in [0.1, 0.15) is 23.2 Å². The van der Waals surface area contributed by atoms with E-state index in [0.29, 0.717) is 0 Å². The summed E-state index contributed by atoms with van der Waals surface area (Å²) in [6, 6.07) is 6.75. The highest BCUT2D eigenvalue weighted by Crippen LogP contribution is 2.19. The van der Waals surface area contributed by atoms with Crippen LogP contribution in [0.3, 0.4) is 0 Å². The third kappa shape index (κ3) is 3.23. The van der Waals surface area contributed by atoms with Gasteiger partial charge >= 0.3 is 5.97 Å². The van der Waals surface area contributed by atoms with E-state index in [-0.39, 0.29) is 5.56 Å². The van der Waals surface area contributed by atoms with Crippen LogP contribution in [0.5, 0.6) is 0 Å². The summed E-state index contributed by atoms with van der Waals surface area (Å²) < 4.78 is 1.85. The average molecular weight is 254 g/mol. The molecule has 0 fully saturated rings. The van der Waals surface area contributed by atoms with E-state index in [1.807, 2.05) is 10.9 Å². The van der Waals surface area contributed by atoms with Gasteiger partial charge in [0.15, 0.2) is 0 Å². The molecule has 19 heavy (non-hydrogen) atoms. The Morgan fingerprint density at radius 1 is 1.32 bits per heavy atom. The molecule has 0 atom stereocenters. The van der Waals surface area contributed by atoms with Gasteiger partial charge in [-0.1, -0.05) is 12.1 Å². The Kier molecular flexibility index (Phi) is 3.99. The quantitative estimate of drug-likeness (QED) is 0.659. The summed E-state index contributed by atoms with van der Waals surface area (Å²) in [5, 5.41) is 13.1. The molecule has 4 heteroatoms. The summed E-state index contributed by atoms with van der Waals surface area (Å²) in [6.07, 6.45) is 10.5. The normalized spacial score (nSPS) is 10.1.